The van der Waals surface area contributed by atoms with Crippen LogP contribution in [0.2, 0.25) is 0 Å². The largest absolute Gasteiger partial charge is 0.459 e. The van der Waals surface area contributed by atoms with Crippen LogP contribution in [-0.2, 0) is 18.9 Å². The van der Waals surface area contributed by atoms with Crippen LogP contribution in [-0.4, -0.2) is 52.1 Å². The first kappa shape index (κ1) is 23.9. The van der Waals surface area contributed by atoms with E-state index < -0.39 is 42.0 Å². The number of esters is 1. The number of carbonyl (C=O) groups is 2. The average molecular weight is 492 g/mol. The number of carbonyl (C=O) groups excluding carboxylic acids is 2. The lowest BCUT2D eigenvalue weighted by Gasteiger charge is -2.24. The van der Waals surface area contributed by atoms with Crippen LogP contribution in [0.15, 0.2) is 77.7 Å². The monoisotopic (exact) mass is 491 g/mol. The van der Waals surface area contributed by atoms with Crippen LogP contribution in [0.25, 0.3) is 0 Å². The van der Waals surface area contributed by atoms with Crippen molar-refractivity contribution in [2.24, 2.45) is 0 Å². The van der Waals surface area contributed by atoms with Crippen LogP contribution >= 0.6 is 0 Å². The third-order valence-corrected chi connectivity index (χ3v) is 5.90. The summed E-state index contributed by atoms with van der Waals surface area (Å²) in [5.41, 5.74) is 0.220. The molecule has 1 amide bonds. The van der Waals surface area contributed by atoms with E-state index in [9.17, 15) is 14.4 Å². The lowest BCUT2D eigenvalue weighted by atomic mass is 10.1. The molecule has 3 heterocycles. The average Bonchev–Trinajstić information content (AvgIpc) is 3.36. The molecule has 2 aromatic carbocycles. The quantitative estimate of drug-likeness (QED) is 0.523. The second-order valence-corrected chi connectivity index (χ2v) is 8.92. The van der Waals surface area contributed by atoms with E-state index in [0.717, 1.165) is 0 Å². The Labute approximate surface area is 206 Å². The molecule has 1 N–H and O–H groups in total. The topological polar surface area (TPSA) is 118 Å². The maximum Gasteiger partial charge on any atom is 0.351 e. The van der Waals surface area contributed by atoms with Gasteiger partial charge in [-0.05, 0) is 44.2 Å². The maximum absolute atomic E-state index is 12.9. The first-order valence-corrected chi connectivity index (χ1v) is 11.5. The third-order valence-electron chi connectivity index (χ3n) is 5.90. The van der Waals surface area contributed by atoms with Crippen molar-refractivity contribution < 1.29 is 28.5 Å². The Kier molecular flexibility index (Phi) is 6.40. The Morgan fingerprint density at radius 1 is 0.972 bits per heavy atom. The van der Waals surface area contributed by atoms with Gasteiger partial charge in [0.25, 0.3) is 5.91 Å². The molecule has 3 aromatic rings. The van der Waals surface area contributed by atoms with Gasteiger partial charge in [-0.1, -0.05) is 36.4 Å². The Hall–Kier alpha value is -3.86. The van der Waals surface area contributed by atoms with E-state index >= 15 is 0 Å². The second kappa shape index (κ2) is 9.65. The first-order valence-electron chi connectivity index (χ1n) is 11.5. The summed E-state index contributed by atoms with van der Waals surface area (Å²) in [6, 6.07) is 18.7. The number of aromatic nitrogens is 2. The number of nitrogens with zero attached hydrogens (tertiary/aromatic N) is 2. The highest BCUT2D eigenvalue weighted by Crippen LogP contribution is 2.42. The number of benzene rings is 2. The van der Waals surface area contributed by atoms with Crippen LogP contribution in [0.1, 0.15) is 40.8 Å². The van der Waals surface area contributed by atoms with Gasteiger partial charge in [-0.15, -0.1) is 0 Å². The van der Waals surface area contributed by atoms with Crippen molar-refractivity contribution in [3.63, 3.8) is 0 Å². The zero-order valence-corrected chi connectivity index (χ0v) is 19.7. The molecule has 2 aliphatic heterocycles. The minimum absolute atomic E-state index is 0.0851. The highest BCUT2D eigenvalue weighted by molar-refractivity contribution is 6.03. The number of amides is 1. The van der Waals surface area contributed by atoms with Gasteiger partial charge in [0.2, 0.25) is 0 Å². The van der Waals surface area contributed by atoms with E-state index in [1.54, 1.807) is 68.4 Å². The number of rotatable bonds is 6. The summed E-state index contributed by atoms with van der Waals surface area (Å²) in [6.07, 6.45) is -1.26. The molecule has 36 heavy (non-hydrogen) atoms. The number of ether oxygens (including phenoxy) is 4. The predicted octanol–water partition coefficient (Wildman–Crippen LogP) is 2.77. The van der Waals surface area contributed by atoms with Crippen LogP contribution in [0, 0.1) is 0 Å². The molecule has 186 valence electrons. The highest BCUT2D eigenvalue weighted by atomic mass is 16.8. The molecule has 2 fully saturated rings. The lowest BCUT2D eigenvalue weighted by molar-refractivity contribution is -0.200. The van der Waals surface area contributed by atoms with Gasteiger partial charge in [0.1, 0.15) is 30.7 Å². The van der Waals surface area contributed by atoms with Crippen molar-refractivity contribution in [2.75, 3.05) is 11.9 Å². The number of anilines is 1. The summed E-state index contributed by atoms with van der Waals surface area (Å²) in [7, 11) is 0. The summed E-state index contributed by atoms with van der Waals surface area (Å²) in [6.45, 7) is 3.44. The molecule has 0 unspecified atom stereocenters. The van der Waals surface area contributed by atoms with Gasteiger partial charge in [-0.3, -0.25) is 9.36 Å². The van der Waals surface area contributed by atoms with Crippen molar-refractivity contribution in [3.8, 4) is 0 Å². The van der Waals surface area contributed by atoms with Crippen LogP contribution in [0.5, 0.6) is 0 Å². The standard InChI is InChI=1S/C26H25N3O7/c1-26(2)35-20-18(15-33-24(31)17-11-7-4-8-12-17)34-23(21(20)36-26)29-14-13-19(28-25(29)32)27-22(30)16-9-5-3-6-10-16/h3-14,18,20-21,23H,15H2,1-2H3,(H,27,28,30,32)/t18-,20+,21+,23+/m0/s1. The predicted molar refractivity (Wildman–Crippen MR) is 127 cm³/mol. The van der Waals surface area contributed by atoms with Gasteiger partial charge in [0, 0.05) is 11.8 Å². The number of hydrogen-bond acceptors (Lipinski definition) is 8. The van der Waals surface area contributed by atoms with E-state index in [1.807, 2.05) is 6.07 Å². The molecular weight excluding hydrogens is 466 g/mol. The van der Waals surface area contributed by atoms with Gasteiger partial charge in [0.15, 0.2) is 12.0 Å². The fraction of sp³-hybridized carbons (Fsp3) is 0.308. The van der Waals surface area contributed by atoms with Gasteiger partial charge in [-0.25, -0.2) is 9.59 Å². The molecule has 0 aliphatic carbocycles. The van der Waals surface area contributed by atoms with E-state index in [2.05, 4.69) is 10.3 Å². The lowest BCUT2D eigenvalue weighted by Crippen LogP contribution is -2.35. The minimum atomic E-state index is -0.917. The van der Waals surface area contributed by atoms with Gasteiger partial charge < -0.3 is 24.3 Å². The molecule has 10 heteroatoms. The Bertz CT molecular complexity index is 1310. The zero-order chi connectivity index (χ0) is 25.3. The van der Waals surface area contributed by atoms with E-state index in [1.165, 1.54) is 16.8 Å². The van der Waals surface area contributed by atoms with Crippen molar-refractivity contribution in [1.82, 2.24) is 9.55 Å². The maximum atomic E-state index is 12.9. The summed E-state index contributed by atoms with van der Waals surface area (Å²) in [5.74, 6) is -1.68. The normalized spacial score (nSPS) is 24.2. The van der Waals surface area contributed by atoms with Crippen LogP contribution in [0.4, 0.5) is 5.82 Å². The molecule has 0 radical (unpaired) electrons. The molecule has 2 aliphatic rings. The van der Waals surface area contributed by atoms with Crippen molar-refractivity contribution in [3.05, 3.63) is 94.5 Å². The summed E-state index contributed by atoms with van der Waals surface area (Å²) < 4.78 is 24.8. The third kappa shape index (κ3) is 4.92. The number of hydrogen-bond donors (Lipinski definition) is 1. The van der Waals surface area contributed by atoms with Gasteiger partial charge in [-0.2, -0.15) is 4.98 Å². The Morgan fingerprint density at radius 3 is 2.28 bits per heavy atom. The van der Waals surface area contributed by atoms with Gasteiger partial charge >= 0.3 is 11.7 Å². The van der Waals surface area contributed by atoms with E-state index in [4.69, 9.17) is 18.9 Å². The second-order valence-electron chi connectivity index (χ2n) is 8.92. The minimum Gasteiger partial charge on any atom is -0.459 e. The molecule has 5 rings (SSSR count). The number of fused-ring (bicyclic) bond motifs is 1. The number of nitrogens with one attached hydrogen (secondary N) is 1. The van der Waals surface area contributed by atoms with E-state index in [-0.39, 0.29) is 18.3 Å². The van der Waals surface area contributed by atoms with Crippen molar-refractivity contribution >= 4 is 17.7 Å². The molecule has 1 aromatic heterocycles. The molecule has 10 nitrogen and oxygen atoms in total. The fourth-order valence-corrected chi connectivity index (χ4v) is 4.29. The fourth-order valence-electron chi connectivity index (χ4n) is 4.29. The van der Waals surface area contributed by atoms with E-state index in [0.29, 0.717) is 11.1 Å². The Morgan fingerprint density at radius 2 is 1.61 bits per heavy atom. The molecular formula is C26H25N3O7. The SMILES string of the molecule is CC1(C)O[C@@H]2[C@H](O1)[C@H](COC(=O)c1ccccc1)O[C@H]2n1ccc(NC(=O)c2ccccc2)nc1=O. The molecule has 0 spiro atoms. The summed E-state index contributed by atoms with van der Waals surface area (Å²) >= 11 is 0. The zero-order valence-electron chi connectivity index (χ0n) is 19.7. The van der Waals surface area contributed by atoms with Crippen LogP contribution in [0.3, 0.4) is 0 Å². The first-order chi connectivity index (χ1) is 17.3. The molecule has 0 saturated carbocycles. The molecule has 0 bridgehead atoms. The molecule has 2 saturated heterocycles. The van der Waals surface area contributed by atoms with Gasteiger partial charge in [0.05, 0.1) is 5.56 Å². The van der Waals surface area contributed by atoms with Crippen LogP contribution < -0.4 is 11.0 Å². The summed E-state index contributed by atoms with van der Waals surface area (Å²) in [5, 5.41) is 2.62. The van der Waals surface area contributed by atoms with Crippen molar-refractivity contribution in [2.45, 2.75) is 44.2 Å². The highest BCUT2D eigenvalue weighted by Gasteiger charge is 2.56. The molecule has 4 atom stereocenters. The summed E-state index contributed by atoms with van der Waals surface area (Å²) in [4.78, 5) is 41.7. The van der Waals surface area contributed by atoms with Crippen molar-refractivity contribution in [1.29, 1.82) is 0 Å². The Balaban J connectivity index is 1.32. The smallest absolute Gasteiger partial charge is 0.351 e.